The van der Waals surface area contributed by atoms with E-state index in [0.29, 0.717) is 10.6 Å². The Labute approximate surface area is 149 Å². The molecule has 0 radical (unpaired) electrons. The highest BCUT2D eigenvalue weighted by atomic mass is 35.5. The standard InChI is InChI=1S/C18H14ClN3O3/c19-15-9-5-4-8-14(15)18(10-22-12-20-11-21-22)16(24-17(23)25-18)13-6-2-1-3-7-13/h1-9,11-12,16H,10H2. The van der Waals surface area contributed by atoms with E-state index in [-0.39, 0.29) is 6.54 Å². The summed E-state index contributed by atoms with van der Waals surface area (Å²) in [6.45, 7) is 0.224. The number of nitrogens with zero attached hydrogens (tertiary/aromatic N) is 3. The minimum absolute atomic E-state index is 0.224. The Balaban J connectivity index is 1.89. The Bertz CT molecular complexity index is 886. The van der Waals surface area contributed by atoms with E-state index in [1.807, 2.05) is 48.5 Å². The molecule has 1 aliphatic rings. The van der Waals surface area contributed by atoms with E-state index in [4.69, 9.17) is 21.1 Å². The third kappa shape index (κ3) is 2.74. The fourth-order valence-corrected chi connectivity index (χ4v) is 3.43. The number of carbonyl (C=O) groups excluding carboxylic acids is 1. The van der Waals surface area contributed by atoms with E-state index < -0.39 is 17.9 Å². The summed E-state index contributed by atoms with van der Waals surface area (Å²) in [5, 5.41) is 4.64. The van der Waals surface area contributed by atoms with Gasteiger partial charge in [0.05, 0.1) is 6.54 Å². The normalized spacial score (nSPS) is 22.4. The molecule has 2 aromatic carbocycles. The van der Waals surface area contributed by atoms with Crippen molar-refractivity contribution in [2.45, 2.75) is 18.2 Å². The lowest BCUT2D eigenvalue weighted by atomic mass is 9.84. The number of benzene rings is 2. The number of cyclic esters (lactones) is 2. The molecule has 0 N–H and O–H groups in total. The number of ether oxygens (including phenoxy) is 2. The molecule has 1 saturated heterocycles. The van der Waals surface area contributed by atoms with Gasteiger partial charge in [0.25, 0.3) is 0 Å². The molecule has 6 nitrogen and oxygen atoms in total. The molecule has 1 aromatic heterocycles. The van der Waals surface area contributed by atoms with Crippen LogP contribution in [-0.2, 0) is 21.6 Å². The Morgan fingerprint density at radius 3 is 2.60 bits per heavy atom. The average Bonchev–Trinajstić information content (AvgIpc) is 3.24. The first-order chi connectivity index (χ1) is 12.2. The summed E-state index contributed by atoms with van der Waals surface area (Å²) in [5.74, 6) is 0. The van der Waals surface area contributed by atoms with Gasteiger partial charge >= 0.3 is 6.16 Å². The summed E-state index contributed by atoms with van der Waals surface area (Å²) in [5.41, 5.74) is 0.324. The summed E-state index contributed by atoms with van der Waals surface area (Å²) in [7, 11) is 0. The molecule has 2 heterocycles. The van der Waals surface area contributed by atoms with E-state index >= 15 is 0 Å². The van der Waals surface area contributed by atoms with Crippen LogP contribution in [0.2, 0.25) is 5.02 Å². The molecular weight excluding hydrogens is 342 g/mol. The Morgan fingerprint density at radius 2 is 1.88 bits per heavy atom. The highest BCUT2D eigenvalue weighted by molar-refractivity contribution is 6.31. The molecule has 7 heteroatoms. The molecule has 0 amide bonds. The number of halogens is 1. The monoisotopic (exact) mass is 355 g/mol. The second-order valence-corrected chi connectivity index (χ2v) is 6.13. The molecule has 0 saturated carbocycles. The van der Waals surface area contributed by atoms with Gasteiger partial charge in [-0.25, -0.2) is 14.5 Å². The van der Waals surface area contributed by atoms with Gasteiger partial charge in [0.15, 0.2) is 6.10 Å². The van der Waals surface area contributed by atoms with Crippen LogP contribution in [0.15, 0.2) is 67.3 Å². The minimum atomic E-state index is -1.15. The minimum Gasteiger partial charge on any atom is -0.421 e. The second kappa shape index (κ2) is 6.22. The molecule has 1 fully saturated rings. The van der Waals surface area contributed by atoms with Crippen molar-refractivity contribution in [1.29, 1.82) is 0 Å². The third-order valence-electron chi connectivity index (χ3n) is 4.20. The molecule has 4 rings (SSSR count). The van der Waals surface area contributed by atoms with E-state index in [1.165, 1.54) is 6.33 Å². The summed E-state index contributed by atoms with van der Waals surface area (Å²) >= 11 is 6.44. The molecule has 126 valence electrons. The van der Waals surface area contributed by atoms with Gasteiger partial charge in [-0.15, -0.1) is 0 Å². The fourth-order valence-electron chi connectivity index (χ4n) is 3.14. The fraction of sp³-hybridized carbons (Fsp3) is 0.167. The van der Waals surface area contributed by atoms with Gasteiger partial charge in [-0.1, -0.05) is 60.1 Å². The maximum atomic E-state index is 12.1. The molecule has 2 atom stereocenters. The second-order valence-electron chi connectivity index (χ2n) is 5.72. The number of hydrogen-bond acceptors (Lipinski definition) is 5. The number of hydrogen-bond donors (Lipinski definition) is 0. The highest BCUT2D eigenvalue weighted by Crippen LogP contribution is 2.49. The van der Waals surface area contributed by atoms with Crippen LogP contribution in [0.1, 0.15) is 17.2 Å². The summed E-state index contributed by atoms with van der Waals surface area (Å²) < 4.78 is 12.9. The van der Waals surface area contributed by atoms with E-state index in [1.54, 1.807) is 17.1 Å². The quantitative estimate of drug-likeness (QED) is 0.667. The van der Waals surface area contributed by atoms with Crippen LogP contribution in [0.25, 0.3) is 0 Å². The zero-order valence-corrected chi connectivity index (χ0v) is 13.8. The molecule has 25 heavy (non-hydrogen) atoms. The van der Waals surface area contributed by atoms with Crippen molar-refractivity contribution in [2.75, 3.05) is 0 Å². The first-order valence-electron chi connectivity index (χ1n) is 7.71. The average molecular weight is 356 g/mol. The topological polar surface area (TPSA) is 66.2 Å². The van der Waals surface area contributed by atoms with Crippen LogP contribution in [0.5, 0.6) is 0 Å². The number of aromatic nitrogens is 3. The Morgan fingerprint density at radius 1 is 1.12 bits per heavy atom. The first kappa shape index (κ1) is 15.7. The zero-order chi connectivity index (χ0) is 17.3. The molecule has 2 unspecified atom stereocenters. The first-order valence-corrected chi connectivity index (χ1v) is 8.09. The van der Waals surface area contributed by atoms with Crippen molar-refractivity contribution >= 4 is 17.8 Å². The lowest BCUT2D eigenvalue weighted by molar-refractivity contribution is 0.00364. The maximum Gasteiger partial charge on any atom is 0.510 e. The van der Waals surface area contributed by atoms with Gasteiger partial charge in [-0.3, -0.25) is 0 Å². The van der Waals surface area contributed by atoms with Crippen molar-refractivity contribution in [3.8, 4) is 0 Å². The summed E-state index contributed by atoms with van der Waals surface area (Å²) in [6, 6.07) is 16.7. The molecule has 0 bridgehead atoms. The van der Waals surface area contributed by atoms with Gasteiger partial charge in [-0.2, -0.15) is 5.10 Å². The van der Waals surface area contributed by atoms with Crippen molar-refractivity contribution < 1.29 is 14.3 Å². The zero-order valence-electron chi connectivity index (χ0n) is 13.1. The molecule has 1 aliphatic heterocycles. The van der Waals surface area contributed by atoms with Gasteiger partial charge in [0, 0.05) is 10.6 Å². The van der Waals surface area contributed by atoms with Crippen LogP contribution in [-0.4, -0.2) is 20.9 Å². The Kier molecular flexibility index (Phi) is 3.89. The molecule has 3 aromatic rings. The van der Waals surface area contributed by atoms with Crippen molar-refractivity contribution in [1.82, 2.24) is 14.8 Å². The van der Waals surface area contributed by atoms with Gasteiger partial charge in [-0.05, 0) is 11.6 Å². The highest BCUT2D eigenvalue weighted by Gasteiger charge is 2.55. The molecule has 0 spiro atoms. The third-order valence-corrected chi connectivity index (χ3v) is 4.53. The van der Waals surface area contributed by atoms with Crippen LogP contribution in [0.4, 0.5) is 4.79 Å². The van der Waals surface area contributed by atoms with E-state index in [9.17, 15) is 4.79 Å². The summed E-state index contributed by atoms with van der Waals surface area (Å²) in [6.07, 6.45) is 1.58. The number of rotatable bonds is 4. The van der Waals surface area contributed by atoms with Gasteiger partial charge in [0.1, 0.15) is 12.7 Å². The summed E-state index contributed by atoms with van der Waals surface area (Å²) in [4.78, 5) is 16.1. The van der Waals surface area contributed by atoms with Crippen LogP contribution < -0.4 is 0 Å². The SMILES string of the molecule is O=C1OC(c2ccccc2)C(Cn2cncn2)(c2ccccc2Cl)O1. The van der Waals surface area contributed by atoms with Crippen LogP contribution in [0.3, 0.4) is 0 Å². The van der Waals surface area contributed by atoms with Crippen LogP contribution in [0, 0.1) is 0 Å². The molecule has 0 aliphatic carbocycles. The number of carbonyl (C=O) groups is 1. The smallest absolute Gasteiger partial charge is 0.421 e. The maximum absolute atomic E-state index is 12.1. The van der Waals surface area contributed by atoms with E-state index in [0.717, 1.165) is 5.56 Å². The van der Waals surface area contributed by atoms with Crippen molar-refractivity contribution in [3.63, 3.8) is 0 Å². The lowest BCUT2D eigenvalue weighted by Crippen LogP contribution is -2.37. The van der Waals surface area contributed by atoms with Crippen LogP contribution >= 0.6 is 11.6 Å². The Hall–Kier alpha value is -2.86. The lowest BCUT2D eigenvalue weighted by Gasteiger charge is -2.32. The van der Waals surface area contributed by atoms with E-state index in [2.05, 4.69) is 10.1 Å². The van der Waals surface area contributed by atoms with Crippen molar-refractivity contribution in [3.05, 3.63) is 83.4 Å². The molecular formula is C18H14ClN3O3. The largest absolute Gasteiger partial charge is 0.510 e. The predicted molar refractivity (Wildman–Crippen MR) is 89.9 cm³/mol. The van der Waals surface area contributed by atoms with Crippen molar-refractivity contribution in [2.24, 2.45) is 0 Å². The predicted octanol–water partition coefficient (Wildman–Crippen LogP) is 3.74. The van der Waals surface area contributed by atoms with Gasteiger partial charge < -0.3 is 9.47 Å². The van der Waals surface area contributed by atoms with Gasteiger partial charge in [0.2, 0.25) is 5.60 Å².